The molecule has 2 aromatic heterocycles. The van der Waals surface area contributed by atoms with E-state index in [2.05, 4.69) is 9.97 Å². The summed E-state index contributed by atoms with van der Waals surface area (Å²) in [7, 11) is 0. The quantitative estimate of drug-likeness (QED) is 0.406. The van der Waals surface area contributed by atoms with Crippen molar-refractivity contribution in [1.82, 2.24) is 14.9 Å². The molecule has 1 amide bonds. The number of hydrogen-bond acceptors (Lipinski definition) is 4. The van der Waals surface area contributed by atoms with E-state index in [1.165, 1.54) is 6.26 Å². The van der Waals surface area contributed by atoms with Crippen LogP contribution in [0.25, 0.3) is 22.1 Å². The first-order chi connectivity index (χ1) is 16.2. The summed E-state index contributed by atoms with van der Waals surface area (Å²) < 4.78 is 5.61. The third-order valence-electron chi connectivity index (χ3n) is 5.58. The molecular formula is C27H21N3O3. The molecule has 0 saturated carbocycles. The highest BCUT2D eigenvalue weighted by molar-refractivity contribution is 5.96. The highest BCUT2D eigenvalue weighted by Gasteiger charge is 2.23. The van der Waals surface area contributed by atoms with Crippen LogP contribution in [0.2, 0.25) is 0 Å². The minimum atomic E-state index is -0.396. The van der Waals surface area contributed by atoms with Gasteiger partial charge in [-0.1, -0.05) is 66.7 Å². The molecule has 0 aliphatic heterocycles. The first kappa shape index (κ1) is 20.5. The van der Waals surface area contributed by atoms with Crippen LogP contribution in [0.15, 0.2) is 107 Å². The van der Waals surface area contributed by atoms with Crippen molar-refractivity contribution in [2.75, 3.05) is 0 Å². The van der Waals surface area contributed by atoms with E-state index in [-0.39, 0.29) is 17.5 Å². The summed E-state index contributed by atoms with van der Waals surface area (Å²) in [5, 5.41) is 0.384. The minimum absolute atomic E-state index is 0.00501. The summed E-state index contributed by atoms with van der Waals surface area (Å²) in [5.41, 5.74) is 3.96. The molecule has 0 spiro atoms. The first-order valence-electron chi connectivity index (χ1n) is 10.6. The Morgan fingerprint density at radius 3 is 2.48 bits per heavy atom. The van der Waals surface area contributed by atoms with Crippen molar-refractivity contribution in [3.05, 3.63) is 125 Å². The number of carbonyl (C=O) groups excluding carboxylic acids is 1. The number of amides is 1. The molecule has 5 rings (SSSR count). The fraction of sp³-hybridized carbons (Fsp3) is 0.0741. The fourth-order valence-corrected chi connectivity index (χ4v) is 3.94. The van der Waals surface area contributed by atoms with Gasteiger partial charge in [-0.05, 0) is 28.8 Å². The molecular weight excluding hydrogens is 414 g/mol. The second kappa shape index (κ2) is 8.96. The van der Waals surface area contributed by atoms with Gasteiger partial charge in [0.2, 0.25) is 5.43 Å². The number of nitrogens with zero attached hydrogens (tertiary/aromatic N) is 2. The lowest BCUT2D eigenvalue weighted by atomic mass is 9.99. The molecule has 6 heteroatoms. The average Bonchev–Trinajstić information content (AvgIpc) is 3.38. The van der Waals surface area contributed by atoms with Crippen LogP contribution in [0.4, 0.5) is 0 Å². The van der Waals surface area contributed by atoms with Crippen molar-refractivity contribution in [3.8, 4) is 11.1 Å². The number of rotatable bonds is 6. The molecule has 0 unspecified atom stereocenters. The molecule has 6 nitrogen and oxygen atoms in total. The van der Waals surface area contributed by atoms with Crippen molar-refractivity contribution >= 4 is 16.9 Å². The molecule has 0 fully saturated rings. The largest absolute Gasteiger partial charge is 0.463 e. The summed E-state index contributed by atoms with van der Waals surface area (Å²) in [4.78, 5) is 35.5. The Bertz CT molecular complexity index is 1460. The van der Waals surface area contributed by atoms with Crippen LogP contribution in [0.5, 0.6) is 0 Å². The van der Waals surface area contributed by atoms with Crippen molar-refractivity contribution < 1.29 is 9.21 Å². The Hall–Kier alpha value is -4.45. The molecule has 0 aliphatic carbocycles. The lowest BCUT2D eigenvalue weighted by Gasteiger charge is -2.23. The van der Waals surface area contributed by atoms with E-state index < -0.39 is 5.91 Å². The number of nitrogens with one attached hydrogen (secondary N) is 1. The molecule has 0 atom stereocenters. The fourth-order valence-electron chi connectivity index (χ4n) is 3.94. The van der Waals surface area contributed by atoms with Crippen molar-refractivity contribution in [1.29, 1.82) is 0 Å². The maximum atomic E-state index is 13.6. The smallest absolute Gasteiger partial charge is 0.261 e. The lowest BCUT2D eigenvalue weighted by molar-refractivity contribution is 0.0725. The van der Waals surface area contributed by atoms with Gasteiger partial charge in [0.15, 0.2) is 0 Å². The average molecular weight is 435 g/mol. The molecule has 0 saturated heterocycles. The predicted octanol–water partition coefficient (Wildman–Crippen LogP) is 5.03. The second-order valence-electron chi connectivity index (χ2n) is 7.74. The molecule has 0 radical (unpaired) electrons. The standard InChI is InChI=1S/C27H21N3O3/c31-26-23-12-6-7-13-25(23)33-17-24(26)27(32)30(16-21-14-28-18-29-21)15-20-10-4-5-11-22(20)19-8-2-1-3-9-19/h1-14,17-18H,15-16H2,(H,28,29). The Morgan fingerprint density at radius 1 is 0.909 bits per heavy atom. The zero-order valence-electron chi connectivity index (χ0n) is 17.8. The maximum Gasteiger partial charge on any atom is 0.261 e. The van der Waals surface area contributed by atoms with Crippen LogP contribution in [0.1, 0.15) is 21.6 Å². The summed E-state index contributed by atoms with van der Waals surface area (Å²) in [6.07, 6.45) is 4.50. The number of benzene rings is 3. The molecule has 3 aromatic carbocycles. The number of hydrogen-bond donors (Lipinski definition) is 1. The molecule has 1 N–H and O–H groups in total. The normalized spacial score (nSPS) is 10.9. The van der Waals surface area contributed by atoms with Gasteiger partial charge in [0, 0.05) is 12.7 Å². The first-order valence-corrected chi connectivity index (χ1v) is 10.6. The van der Waals surface area contributed by atoms with E-state index >= 15 is 0 Å². The molecule has 162 valence electrons. The minimum Gasteiger partial charge on any atom is -0.463 e. The number of carbonyl (C=O) groups is 1. The molecule has 2 heterocycles. The van der Waals surface area contributed by atoms with Gasteiger partial charge in [0.05, 0.1) is 24.0 Å². The predicted molar refractivity (Wildman–Crippen MR) is 127 cm³/mol. The highest BCUT2D eigenvalue weighted by Crippen LogP contribution is 2.25. The van der Waals surface area contributed by atoms with Crippen LogP contribution in [-0.2, 0) is 13.1 Å². The number of aromatic nitrogens is 2. The zero-order chi connectivity index (χ0) is 22.6. The van der Waals surface area contributed by atoms with Crippen molar-refractivity contribution in [2.45, 2.75) is 13.1 Å². The van der Waals surface area contributed by atoms with Crippen LogP contribution in [0.3, 0.4) is 0 Å². The molecule has 0 aliphatic rings. The van der Waals surface area contributed by atoms with Crippen LogP contribution >= 0.6 is 0 Å². The van der Waals surface area contributed by atoms with Crippen LogP contribution < -0.4 is 5.43 Å². The van der Waals surface area contributed by atoms with Gasteiger partial charge in [-0.3, -0.25) is 9.59 Å². The van der Waals surface area contributed by atoms with Gasteiger partial charge in [-0.15, -0.1) is 0 Å². The lowest BCUT2D eigenvalue weighted by Crippen LogP contribution is -2.33. The van der Waals surface area contributed by atoms with Crippen LogP contribution in [-0.4, -0.2) is 20.8 Å². The van der Waals surface area contributed by atoms with E-state index in [4.69, 9.17) is 4.42 Å². The summed E-state index contributed by atoms with van der Waals surface area (Å²) in [6, 6.07) is 24.9. The Kier molecular flexibility index (Phi) is 5.55. The Labute approximate surface area is 190 Å². The molecule has 33 heavy (non-hydrogen) atoms. The zero-order valence-corrected chi connectivity index (χ0v) is 17.8. The van der Waals surface area contributed by atoms with E-state index in [1.807, 2.05) is 54.6 Å². The summed E-state index contributed by atoms with van der Waals surface area (Å²) in [6.45, 7) is 0.587. The van der Waals surface area contributed by atoms with Gasteiger partial charge in [0.25, 0.3) is 5.91 Å². The van der Waals surface area contributed by atoms with Gasteiger partial charge in [0.1, 0.15) is 17.4 Å². The third-order valence-corrected chi connectivity index (χ3v) is 5.58. The molecule has 0 bridgehead atoms. The monoisotopic (exact) mass is 435 g/mol. The van der Waals surface area contributed by atoms with E-state index in [0.29, 0.717) is 17.5 Å². The Morgan fingerprint density at radius 2 is 1.67 bits per heavy atom. The maximum absolute atomic E-state index is 13.6. The summed E-state index contributed by atoms with van der Waals surface area (Å²) >= 11 is 0. The number of aromatic amines is 1. The SMILES string of the molecule is O=C(c1coc2ccccc2c1=O)N(Cc1cnc[nH]1)Cc1ccccc1-c1ccccc1. The van der Waals surface area contributed by atoms with E-state index in [1.54, 1.807) is 41.7 Å². The van der Waals surface area contributed by atoms with Gasteiger partial charge in [-0.2, -0.15) is 0 Å². The van der Waals surface area contributed by atoms with Crippen molar-refractivity contribution in [2.24, 2.45) is 0 Å². The summed E-state index contributed by atoms with van der Waals surface area (Å²) in [5.74, 6) is -0.396. The van der Waals surface area contributed by atoms with Gasteiger partial charge >= 0.3 is 0 Å². The van der Waals surface area contributed by atoms with Gasteiger partial charge in [-0.25, -0.2) is 4.98 Å². The number of H-pyrrole nitrogens is 1. The number of para-hydroxylation sites is 1. The van der Waals surface area contributed by atoms with Crippen molar-refractivity contribution in [3.63, 3.8) is 0 Å². The van der Waals surface area contributed by atoms with Crippen LogP contribution in [0, 0.1) is 0 Å². The third kappa shape index (κ3) is 4.19. The van der Waals surface area contributed by atoms with E-state index in [9.17, 15) is 9.59 Å². The Balaban J connectivity index is 1.55. The number of imidazole rings is 1. The topological polar surface area (TPSA) is 79.2 Å². The van der Waals surface area contributed by atoms with E-state index in [0.717, 1.165) is 22.4 Å². The molecule has 5 aromatic rings. The second-order valence-corrected chi connectivity index (χ2v) is 7.74. The number of fused-ring (bicyclic) bond motifs is 1. The highest BCUT2D eigenvalue weighted by atomic mass is 16.3. The van der Waals surface area contributed by atoms with Gasteiger partial charge < -0.3 is 14.3 Å².